The van der Waals surface area contributed by atoms with Crippen LogP contribution in [0.5, 0.6) is 0 Å². The van der Waals surface area contributed by atoms with Gasteiger partial charge in [-0.15, -0.1) is 0 Å². The fraction of sp³-hybridized carbons (Fsp3) is 0.278. The molecule has 0 radical (unpaired) electrons. The standard InChI is InChI=1S/C18H19ClF2N2O/c1-11(13-3-5-14(19)6-4-13)22-10-18(24)23-12(2)16-8-7-15(20)9-17(16)21/h3-9,11-12,22H,10H2,1-2H3,(H,23,24)/t11-,12+/m1/s1. The van der Waals surface area contributed by atoms with E-state index in [-0.39, 0.29) is 24.1 Å². The molecule has 0 fully saturated rings. The van der Waals surface area contributed by atoms with E-state index in [1.165, 1.54) is 12.1 Å². The molecule has 0 heterocycles. The third-order valence-corrected chi connectivity index (χ3v) is 4.00. The largest absolute Gasteiger partial charge is 0.348 e. The lowest BCUT2D eigenvalue weighted by Gasteiger charge is -2.18. The molecule has 0 saturated carbocycles. The zero-order valence-electron chi connectivity index (χ0n) is 13.4. The molecular weight excluding hydrogens is 334 g/mol. The van der Waals surface area contributed by atoms with Gasteiger partial charge in [-0.3, -0.25) is 4.79 Å². The van der Waals surface area contributed by atoms with Crippen LogP contribution in [0.4, 0.5) is 8.78 Å². The van der Waals surface area contributed by atoms with Gasteiger partial charge in [0.2, 0.25) is 5.91 Å². The number of hydrogen-bond acceptors (Lipinski definition) is 2. The van der Waals surface area contributed by atoms with Crippen LogP contribution in [0, 0.1) is 11.6 Å². The molecule has 0 bridgehead atoms. The summed E-state index contributed by atoms with van der Waals surface area (Å²) in [4.78, 5) is 12.0. The molecule has 0 saturated heterocycles. The molecule has 2 atom stereocenters. The van der Waals surface area contributed by atoms with Crippen molar-refractivity contribution in [3.05, 3.63) is 70.2 Å². The SMILES string of the molecule is C[C@H](NC(=O)CN[C@H](C)c1ccc(Cl)cc1)c1ccc(F)cc1F. The minimum atomic E-state index is -0.676. The molecule has 0 aliphatic carbocycles. The molecule has 2 aromatic carbocycles. The van der Waals surface area contributed by atoms with Crippen LogP contribution in [0.2, 0.25) is 5.02 Å². The van der Waals surface area contributed by atoms with Gasteiger partial charge in [0.05, 0.1) is 12.6 Å². The van der Waals surface area contributed by atoms with Gasteiger partial charge in [0, 0.05) is 22.7 Å². The first-order chi connectivity index (χ1) is 11.4. The fourth-order valence-electron chi connectivity index (χ4n) is 2.34. The Bertz CT molecular complexity index is 707. The zero-order valence-corrected chi connectivity index (χ0v) is 14.2. The predicted octanol–water partition coefficient (Wildman–Crippen LogP) is 4.15. The summed E-state index contributed by atoms with van der Waals surface area (Å²) >= 11 is 5.84. The predicted molar refractivity (Wildman–Crippen MR) is 90.8 cm³/mol. The maximum absolute atomic E-state index is 13.7. The Kier molecular flexibility index (Phi) is 6.29. The lowest BCUT2D eigenvalue weighted by molar-refractivity contribution is -0.121. The highest BCUT2D eigenvalue weighted by Crippen LogP contribution is 2.18. The van der Waals surface area contributed by atoms with Gasteiger partial charge in [0.1, 0.15) is 11.6 Å². The van der Waals surface area contributed by atoms with Gasteiger partial charge in [-0.1, -0.05) is 29.8 Å². The van der Waals surface area contributed by atoms with Crippen molar-refractivity contribution in [1.82, 2.24) is 10.6 Å². The van der Waals surface area contributed by atoms with E-state index in [0.29, 0.717) is 5.02 Å². The van der Waals surface area contributed by atoms with Crippen molar-refractivity contribution in [2.24, 2.45) is 0 Å². The molecule has 0 aromatic heterocycles. The summed E-state index contributed by atoms with van der Waals surface area (Å²) in [6, 6.07) is 10.1. The average molecular weight is 353 g/mol. The molecule has 2 aromatic rings. The Morgan fingerprint density at radius 1 is 1.08 bits per heavy atom. The van der Waals surface area contributed by atoms with E-state index < -0.39 is 17.7 Å². The molecule has 3 nitrogen and oxygen atoms in total. The Morgan fingerprint density at radius 2 is 1.75 bits per heavy atom. The van der Waals surface area contributed by atoms with Crippen molar-refractivity contribution in [3.8, 4) is 0 Å². The lowest BCUT2D eigenvalue weighted by atomic mass is 10.1. The number of rotatable bonds is 6. The van der Waals surface area contributed by atoms with E-state index in [4.69, 9.17) is 11.6 Å². The van der Waals surface area contributed by atoms with Gasteiger partial charge in [-0.2, -0.15) is 0 Å². The maximum atomic E-state index is 13.7. The number of hydrogen-bond donors (Lipinski definition) is 2. The molecule has 0 spiro atoms. The van der Waals surface area contributed by atoms with E-state index in [0.717, 1.165) is 11.6 Å². The molecule has 128 valence electrons. The number of carbonyl (C=O) groups excluding carboxylic acids is 1. The molecule has 2 N–H and O–H groups in total. The molecular formula is C18H19ClF2N2O. The van der Waals surface area contributed by atoms with Crippen molar-refractivity contribution in [2.75, 3.05) is 6.54 Å². The molecule has 0 unspecified atom stereocenters. The van der Waals surface area contributed by atoms with Crippen molar-refractivity contribution < 1.29 is 13.6 Å². The summed E-state index contributed by atoms with van der Waals surface area (Å²) in [5, 5.41) is 6.43. The molecule has 2 rings (SSSR count). The minimum Gasteiger partial charge on any atom is -0.348 e. The van der Waals surface area contributed by atoms with Crippen LogP contribution in [0.1, 0.15) is 37.1 Å². The highest BCUT2D eigenvalue weighted by atomic mass is 35.5. The maximum Gasteiger partial charge on any atom is 0.234 e. The quantitative estimate of drug-likeness (QED) is 0.820. The highest BCUT2D eigenvalue weighted by Gasteiger charge is 2.15. The smallest absolute Gasteiger partial charge is 0.234 e. The number of amides is 1. The monoisotopic (exact) mass is 352 g/mol. The van der Waals surface area contributed by atoms with Crippen molar-refractivity contribution in [1.29, 1.82) is 0 Å². The Hall–Kier alpha value is -1.98. The molecule has 0 aliphatic rings. The van der Waals surface area contributed by atoms with Crippen LogP contribution in [-0.4, -0.2) is 12.5 Å². The van der Waals surface area contributed by atoms with Crippen molar-refractivity contribution >= 4 is 17.5 Å². The fourth-order valence-corrected chi connectivity index (χ4v) is 2.46. The second kappa shape index (κ2) is 8.22. The lowest BCUT2D eigenvalue weighted by Crippen LogP contribution is -2.36. The van der Waals surface area contributed by atoms with Crippen LogP contribution >= 0.6 is 11.6 Å². The van der Waals surface area contributed by atoms with Gasteiger partial charge >= 0.3 is 0 Å². The Morgan fingerprint density at radius 3 is 2.38 bits per heavy atom. The van der Waals surface area contributed by atoms with Crippen molar-refractivity contribution in [2.45, 2.75) is 25.9 Å². The van der Waals surface area contributed by atoms with Crippen LogP contribution < -0.4 is 10.6 Å². The highest BCUT2D eigenvalue weighted by molar-refractivity contribution is 6.30. The van der Waals surface area contributed by atoms with Crippen molar-refractivity contribution in [3.63, 3.8) is 0 Å². The van der Waals surface area contributed by atoms with Crippen LogP contribution in [0.15, 0.2) is 42.5 Å². The van der Waals surface area contributed by atoms with Gasteiger partial charge in [-0.25, -0.2) is 8.78 Å². The molecule has 6 heteroatoms. The van der Waals surface area contributed by atoms with E-state index in [1.54, 1.807) is 19.1 Å². The summed E-state index contributed by atoms with van der Waals surface area (Å²) in [5.74, 6) is -1.59. The minimum absolute atomic E-state index is 0.0362. The van der Waals surface area contributed by atoms with E-state index >= 15 is 0 Å². The van der Waals surface area contributed by atoms with Crippen LogP contribution in [0.25, 0.3) is 0 Å². The average Bonchev–Trinajstić information content (AvgIpc) is 2.53. The van der Waals surface area contributed by atoms with E-state index in [1.807, 2.05) is 19.1 Å². The summed E-state index contributed by atoms with van der Waals surface area (Å²) < 4.78 is 26.6. The first kappa shape index (κ1) is 18.4. The van der Waals surface area contributed by atoms with E-state index in [2.05, 4.69) is 10.6 Å². The summed E-state index contributed by atoms with van der Waals surface area (Å²) in [6.07, 6.45) is 0. The summed E-state index contributed by atoms with van der Waals surface area (Å²) in [6.45, 7) is 3.66. The van der Waals surface area contributed by atoms with E-state index in [9.17, 15) is 13.6 Å². The summed E-state index contributed by atoms with van der Waals surface area (Å²) in [5.41, 5.74) is 1.25. The number of carbonyl (C=O) groups is 1. The molecule has 0 aliphatic heterocycles. The third kappa shape index (κ3) is 5.01. The van der Waals surface area contributed by atoms with Gasteiger partial charge in [-0.05, 0) is 37.6 Å². The summed E-state index contributed by atoms with van der Waals surface area (Å²) in [7, 11) is 0. The second-order valence-corrected chi connectivity index (χ2v) is 6.05. The normalized spacial score (nSPS) is 13.4. The first-order valence-electron chi connectivity index (χ1n) is 7.60. The third-order valence-electron chi connectivity index (χ3n) is 3.75. The van der Waals surface area contributed by atoms with Gasteiger partial charge in [0.15, 0.2) is 0 Å². The Labute approximate surface area is 145 Å². The first-order valence-corrected chi connectivity index (χ1v) is 7.97. The van der Waals surface area contributed by atoms with Crippen LogP contribution in [-0.2, 0) is 4.79 Å². The topological polar surface area (TPSA) is 41.1 Å². The Balaban J connectivity index is 1.87. The molecule has 1 amide bonds. The number of halogens is 3. The molecule has 24 heavy (non-hydrogen) atoms. The van der Waals surface area contributed by atoms with Crippen LogP contribution in [0.3, 0.4) is 0 Å². The number of benzene rings is 2. The number of nitrogens with one attached hydrogen (secondary N) is 2. The second-order valence-electron chi connectivity index (χ2n) is 5.61. The van der Waals surface area contributed by atoms with Gasteiger partial charge < -0.3 is 10.6 Å². The van der Waals surface area contributed by atoms with Gasteiger partial charge in [0.25, 0.3) is 0 Å². The zero-order chi connectivity index (χ0) is 17.7.